The summed E-state index contributed by atoms with van der Waals surface area (Å²) in [6.45, 7) is 2.45. The van der Waals surface area contributed by atoms with Gasteiger partial charge in [-0.2, -0.15) is 23.5 Å². The molecule has 1 aliphatic rings. The Morgan fingerprint density at radius 2 is 2.15 bits per heavy atom. The highest BCUT2D eigenvalue weighted by Crippen LogP contribution is 2.24. The zero-order chi connectivity index (χ0) is 14.6. The van der Waals surface area contributed by atoms with E-state index in [2.05, 4.69) is 21.2 Å². The number of amides is 1. The number of hydrogen-bond acceptors (Lipinski definition) is 4. The lowest BCUT2D eigenvalue weighted by atomic mass is 9.92. The van der Waals surface area contributed by atoms with Crippen LogP contribution in [0.3, 0.4) is 0 Å². The van der Waals surface area contributed by atoms with Crippen molar-refractivity contribution in [3.8, 4) is 0 Å². The molecule has 1 heterocycles. The van der Waals surface area contributed by atoms with Crippen molar-refractivity contribution in [2.24, 2.45) is 5.73 Å². The van der Waals surface area contributed by atoms with E-state index in [1.54, 1.807) is 6.92 Å². The maximum Gasteiger partial charge on any atom is 0.244 e. The Balaban J connectivity index is 1.94. The van der Waals surface area contributed by atoms with Crippen molar-refractivity contribution in [3.63, 3.8) is 0 Å². The number of hydrogen-bond donors (Lipinski definition) is 2. The monoisotopic (exact) mass is 374 g/mol. The van der Waals surface area contributed by atoms with Crippen LogP contribution in [0.2, 0.25) is 0 Å². The van der Waals surface area contributed by atoms with Gasteiger partial charge in [-0.15, -0.1) is 0 Å². The number of rotatable bonds is 4. The SMILES string of the molecule is CC(N)(C(=O)NCC1CSCCS1)c1ccc(Br)cc1. The molecule has 2 rings (SSSR count). The molecule has 0 aliphatic carbocycles. The Kier molecular flexibility index (Phi) is 5.84. The molecule has 1 aromatic rings. The summed E-state index contributed by atoms with van der Waals surface area (Å²) in [5.41, 5.74) is 6.04. The van der Waals surface area contributed by atoms with Crippen LogP contribution in [0, 0.1) is 0 Å². The second kappa shape index (κ2) is 7.20. The Hall–Kier alpha value is -0.170. The van der Waals surface area contributed by atoms with Crippen LogP contribution in [0.15, 0.2) is 28.7 Å². The minimum atomic E-state index is -0.993. The average Bonchev–Trinajstić information content (AvgIpc) is 2.46. The largest absolute Gasteiger partial charge is 0.353 e. The van der Waals surface area contributed by atoms with Crippen LogP contribution >= 0.6 is 39.5 Å². The van der Waals surface area contributed by atoms with Crippen LogP contribution in [0.4, 0.5) is 0 Å². The predicted octanol–water partition coefficient (Wildman–Crippen LogP) is 2.59. The molecule has 6 heteroatoms. The van der Waals surface area contributed by atoms with Gasteiger partial charge in [-0.05, 0) is 24.6 Å². The fourth-order valence-electron chi connectivity index (χ4n) is 1.97. The number of nitrogens with one attached hydrogen (secondary N) is 1. The highest BCUT2D eigenvalue weighted by Gasteiger charge is 2.30. The van der Waals surface area contributed by atoms with Gasteiger partial charge in [0.1, 0.15) is 5.54 Å². The number of carbonyl (C=O) groups excluding carboxylic acids is 1. The Bertz CT molecular complexity index is 459. The number of nitrogens with two attached hydrogens (primary N) is 1. The summed E-state index contributed by atoms with van der Waals surface area (Å²) in [5, 5.41) is 3.49. The Morgan fingerprint density at radius 1 is 1.45 bits per heavy atom. The first-order valence-electron chi connectivity index (χ1n) is 6.52. The van der Waals surface area contributed by atoms with E-state index in [1.807, 2.05) is 47.8 Å². The molecule has 110 valence electrons. The molecule has 2 unspecified atom stereocenters. The predicted molar refractivity (Wildman–Crippen MR) is 92.3 cm³/mol. The summed E-state index contributed by atoms with van der Waals surface area (Å²) in [6, 6.07) is 7.58. The van der Waals surface area contributed by atoms with Crippen molar-refractivity contribution in [2.45, 2.75) is 17.7 Å². The minimum Gasteiger partial charge on any atom is -0.353 e. The molecule has 1 aliphatic heterocycles. The van der Waals surface area contributed by atoms with E-state index < -0.39 is 5.54 Å². The summed E-state index contributed by atoms with van der Waals surface area (Å²) < 4.78 is 0.980. The van der Waals surface area contributed by atoms with E-state index in [1.165, 1.54) is 5.75 Å². The maximum absolute atomic E-state index is 12.3. The third kappa shape index (κ3) is 4.16. The molecule has 0 saturated carbocycles. The van der Waals surface area contributed by atoms with Gasteiger partial charge in [-0.3, -0.25) is 4.79 Å². The second-order valence-corrected chi connectivity index (χ2v) is 8.46. The molecule has 2 atom stereocenters. The minimum absolute atomic E-state index is 0.115. The second-order valence-electron chi connectivity index (χ2n) is 4.99. The topological polar surface area (TPSA) is 55.1 Å². The van der Waals surface area contributed by atoms with Gasteiger partial charge in [0.25, 0.3) is 0 Å². The van der Waals surface area contributed by atoms with Gasteiger partial charge in [-0.1, -0.05) is 28.1 Å². The molecule has 1 fully saturated rings. The van der Waals surface area contributed by atoms with Crippen LogP contribution < -0.4 is 11.1 Å². The third-order valence-corrected chi connectivity index (χ3v) is 6.66. The molecule has 1 amide bonds. The highest BCUT2D eigenvalue weighted by atomic mass is 79.9. The van der Waals surface area contributed by atoms with E-state index in [0.717, 1.165) is 21.5 Å². The van der Waals surface area contributed by atoms with E-state index in [-0.39, 0.29) is 5.91 Å². The molecular weight excluding hydrogens is 356 g/mol. The van der Waals surface area contributed by atoms with Gasteiger partial charge in [0.15, 0.2) is 0 Å². The lowest BCUT2D eigenvalue weighted by Crippen LogP contribution is -2.50. The van der Waals surface area contributed by atoms with Crippen molar-refractivity contribution in [3.05, 3.63) is 34.3 Å². The number of benzene rings is 1. The maximum atomic E-state index is 12.3. The van der Waals surface area contributed by atoms with Gasteiger partial charge >= 0.3 is 0 Å². The quantitative estimate of drug-likeness (QED) is 0.850. The molecule has 0 radical (unpaired) electrons. The summed E-state index contributed by atoms with van der Waals surface area (Å²) in [4.78, 5) is 12.3. The fraction of sp³-hybridized carbons (Fsp3) is 0.500. The van der Waals surface area contributed by atoms with Crippen molar-refractivity contribution in [1.82, 2.24) is 5.32 Å². The van der Waals surface area contributed by atoms with Gasteiger partial charge in [0.2, 0.25) is 5.91 Å². The first kappa shape index (κ1) is 16.2. The molecule has 20 heavy (non-hydrogen) atoms. The summed E-state index contributed by atoms with van der Waals surface area (Å²) in [7, 11) is 0. The number of halogens is 1. The van der Waals surface area contributed by atoms with Crippen molar-refractivity contribution in [2.75, 3.05) is 23.8 Å². The molecule has 3 nitrogen and oxygen atoms in total. The highest BCUT2D eigenvalue weighted by molar-refractivity contribution is 9.10. The van der Waals surface area contributed by atoms with E-state index in [9.17, 15) is 4.79 Å². The summed E-state index contributed by atoms with van der Waals surface area (Å²) in [6.07, 6.45) is 0. The van der Waals surface area contributed by atoms with Crippen LogP contribution in [-0.2, 0) is 10.3 Å². The third-order valence-electron chi connectivity index (χ3n) is 3.29. The average molecular weight is 375 g/mol. The smallest absolute Gasteiger partial charge is 0.244 e. The first-order chi connectivity index (χ1) is 9.50. The zero-order valence-electron chi connectivity index (χ0n) is 11.4. The van der Waals surface area contributed by atoms with Crippen LogP contribution in [0.25, 0.3) is 0 Å². The number of thioether (sulfide) groups is 2. The van der Waals surface area contributed by atoms with Crippen LogP contribution in [-0.4, -0.2) is 35.0 Å². The fourth-order valence-corrected chi connectivity index (χ4v) is 4.85. The van der Waals surface area contributed by atoms with E-state index in [4.69, 9.17) is 5.73 Å². The molecule has 1 saturated heterocycles. The van der Waals surface area contributed by atoms with E-state index in [0.29, 0.717) is 11.8 Å². The molecule has 0 spiro atoms. The van der Waals surface area contributed by atoms with Crippen LogP contribution in [0.5, 0.6) is 0 Å². The van der Waals surface area contributed by atoms with Gasteiger partial charge in [0.05, 0.1) is 0 Å². The lowest BCUT2D eigenvalue weighted by molar-refractivity contribution is -0.126. The normalized spacial score (nSPS) is 22.1. The zero-order valence-corrected chi connectivity index (χ0v) is 14.6. The molecule has 0 bridgehead atoms. The van der Waals surface area contributed by atoms with Crippen molar-refractivity contribution >= 4 is 45.4 Å². The lowest BCUT2D eigenvalue weighted by Gasteiger charge is -2.27. The van der Waals surface area contributed by atoms with E-state index >= 15 is 0 Å². The van der Waals surface area contributed by atoms with Gasteiger partial charge < -0.3 is 11.1 Å². The Morgan fingerprint density at radius 3 is 2.75 bits per heavy atom. The molecule has 3 N–H and O–H groups in total. The summed E-state index contributed by atoms with van der Waals surface area (Å²) in [5.74, 6) is 3.36. The molecule has 1 aromatic carbocycles. The van der Waals surface area contributed by atoms with Crippen LogP contribution in [0.1, 0.15) is 12.5 Å². The standard InChI is InChI=1S/C14H19BrN2OS2/c1-14(16,10-2-4-11(15)5-3-10)13(18)17-8-12-9-19-6-7-20-12/h2-5,12H,6-9,16H2,1H3,(H,17,18). The van der Waals surface area contributed by atoms with Gasteiger partial charge in [-0.25, -0.2) is 0 Å². The first-order valence-corrected chi connectivity index (χ1v) is 9.52. The molecular formula is C14H19BrN2OS2. The van der Waals surface area contributed by atoms with Gasteiger partial charge in [0, 0.05) is 33.5 Å². The number of carbonyl (C=O) groups is 1. The Labute approximate surface area is 137 Å². The van der Waals surface area contributed by atoms with Crippen molar-refractivity contribution in [1.29, 1.82) is 0 Å². The van der Waals surface area contributed by atoms with Crippen molar-refractivity contribution < 1.29 is 4.79 Å². The summed E-state index contributed by atoms with van der Waals surface area (Å²) >= 11 is 7.27. The molecule has 0 aromatic heterocycles.